The zero-order valence-electron chi connectivity index (χ0n) is 16.1. The number of ether oxygens (including phenoxy) is 1. The fourth-order valence-electron chi connectivity index (χ4n) is 3.67. The van der Waals surface area contributed by atoms with Crippen molar-refractivity contribution < 1.29 is 14.6 Å². The van der Waals surface area contributed by atoms with E-state index in [1.807, 2.05) is 55.5 Å². The summed E-state index contributed by atoms with van der Waals surface area (Å²) < 4.78 is 5.13. The standard InChI is InChI=1S/C22H28N2O3/c1-17-5-3-4-6-20(17)22(26)12-14-24(16-22)13-11-21(25)23-15-18-7-9-19(27-2)10-8-18/h3-10,26H,11-16H2,1-2H3,(H,23,25). The summed E-state index contributed by atoms with van der Waals surface area (Å²) in [4.78, 5) is 14.3. The van der Waals surface area contributed by atoms with E-state index in [-0.39, 0.29) is 5.91 Å². The summed E-state index contributed by atoms with van der Waals surface area (Å²) >= 11 is 0. The molecule has 1 saturated heterocycles. The molecule has 5 nitrogen and oxygen atoms in total. The van der Waals surface area contributed by atoms with Gasteiger partial charge in [0.2, 0.25) is 5.91 Å². The topological polar surface area (TPSA) is 61.8 Å². The van der Waals surface area contributed by atoms with Gasteiger partial charge in [0.25, 0.3) is 0 Å². The van der Waals surface area contributed by atoms with Crippen molar-refractivity contribution >= 4 is 5.91 Å². The van der Waals surface area contributed by atoms with Crippen LogP contribution in [-0.4, -0.2) is 42.7 Å². The zero-order chi connectivity index (χ0) is 19.3. The smallest absolute Gasteiger partial charge is 0.221 e. The largest absolute Gasteiger partial charge is 0.497 e. The monoisotopic (exact) mass is 368 g/mol. The van der Waals surface area contributed by atoms with Crippen molar-refractivity contribution in [2.24, 2.45) is 0 Å². The number of carbonyl (C=O) groups is 1. The van der Waals surface area contributed by atoms with Gasteiger partial charge in [0.05, 0.1) is 7.11 Å². The van der Waals surface area contributed by atoms with Crippen LogP contribution in [0.15, 0.2) is 48.5 Å². The van der Waals surface area contributed by atoms with Gasteiger partial charge in [-0.05, 0) is 42.2 Å². The number of β-amino-alcohol motifs (C(OH)–C–C–N with tert-alkyl or cyclic N) is 1. The van der Waals surface area contributed by atoms with E-state index in [0.29, 0.717) is 32.5 Å². The van der Waals surface area contributed by atoms with Gasteiger partial charge in [-0.25, -0.2) is 0 Å². The number of rotatable bonds is 7. The molecule has 0 radical (unpaired) electrons. The maximum absolute atomic E-state index is 12.2. The first kappa shape index (κ1) is 19.4. The molecular formula is C22H28N2O3. The van der Waals surface area contributed by atoms with Gasteiger partial charge in [-0.2, -0.15) is 0 Å². The summed E-state index contributed by atoms with van der Waals surface area (Å²) in [6.45, 7) is 4.57. The predicted molar refractivity (Wildman–Crippen MR) is 106 cm³/mol. The van der Waals surface area contributed by atoms with E-state index in [9.17, 15) is 9.90 Å². The molecule has 1 atom stereocenters. The lowest BCUT2D eigenvalue weighted by molar-refractivity contribution is -0.121. The summed E-state index contributed by atoms with van der Waals surface area (Å²) in [5.41, 5.74) is 2.33. The third kappa shape index (κ3) is 4.87. The first-order valence-corrected chi connectivity index (χ1v) is 9.41. The number of aliphatic hydroxyl groups is 1. The summed E-state index contributed by atoms with van der Waals surface area (Å²) in [5.74, 6) is 0.831. The molecule has 0 spiro atoms. The fraction of sp³-hybridized carbons (Fsp3) is 0.409. The third-order valence-corrected chi connectivity index (χ3v) is 5.28. The van der Waals surface area contributed by atoms with Crippen LogP contribution in [0, 0.1) is 6.92 Å². The van der Waals surface area contributed by atoms with Gasteiger partial charge < -0.3 is 15.2 Å². The number of hydrogen-bond acceptors (Lipinski definition) is 4. The molecule has 1 unspecified atom stereocenters. The molecule has 5 heteroatoms. The van der Waals surface area contributed by atoms with E-state index in [1.165, 1.54) is 0 Å². The van der Waals surface area contributed by atoms with Crippen molar-refractivity contribution in [1.29, 1.82) is 0 Å². The highest BCUT2D eigenvalue weighted by Crippen LogP contribution is 2.33. The van der Waals surface area contributed by atoms with Crippen LogP contribution in [0.4, 0.5) is 0 Å². The molecule has 0 bridgehead atoms. The Labute approximate surface area is 161 Å². The number of amides is 1. The van der Waals surface area contributed by atoms with E-state index in [0.717, 1.165) is 29.0 Å². The molecular weight excluding hydrogens is 340 g/mol. The highest BCUT2D eigenvalue weighted by atomic mass is 16.5. The quantitative estimate of drug-likeness (QED) is 0.789. The van der Waals surface area contributed by atoms with Crippen LogP contribution in [0.25, 0.3) is 0 Å². The van der Waals surface area contributed by atoms with E-state index in [4.69, 9.17) is 4.74 Å². The van der Waals surface area contributed by atoms with Gasteiger partial charge in [-0.15, -0.1) is 0 Å². The lowest BCUT2D eigenvalue weighted by Crippen LogP contribution is -2.34. The van der Waals surface area contributed by atoms with Crippen LogP contribution in [0.1, 0.15) is 29.5 Å². The van der Waals surface area contributed by atoms with Crippen molar-refractivity contribution in [2.45, 2.75) is 31.9 Å². The molecule has 144 valence electrons. The van der Waals surface area contributed by atoms with Gasteiger partial charge in [-0.1, -0.05) is 36.4 Å². The summed E-state index contributed by atoms with van der Waals surface area (Å²) in [7, 11) is 1.63. The number of carbonyl (C=O) groups excluding carboxylic acids is 1. The summed E-state index contributed by atoms with van der Waals surface area (Å²) in [5, 5.41) is 14.0. The van der Waals surface area contributed by atoms with Crippen molar-refractivity contribution in [2.75, 3.05) is 26.7 Å². The predicted octanol–water partition coefficient (Wildman–Crippen LogP) is 2.60. The fourth-order valence-corrected chi connectivity index (χ4v) is 3.67. The minimum atomic E-state index is -0.815. The minimum Gasteiger partial charge on any atom is -0.497 e. The Morgan fingerprint density at radius 3 is 2.67 bits per heavy atom. The Hall–Kier alpha value is -2.37. The van der Waals surface area contributed by atoms with Crippen molar-refractivity contribution in [3.05, 3.63) is 65.2 Å². The van der Waals surface area contributed by atoms with Crippen molar-refractivity contribution in [3.63, 3.8) is 0 Å². The molecule has 1 aliphatic rings. The maximum atomic E-state index is 12.2. The molecule has 2 N–H and O–H groups in total. The number of methoxy groups -OCH3 is 1. The maximum Gasteiger partial charge on any atom is 0.221 e. The van der Waals surface area contributed by atoms with Crippen LogP contribution in [0.5, 0.6) is 5.75 Å². The van der Waals surface area contributed by atoms with Gasteiger partial charge in [0.15, 0.2) is 0 Å². The van der Waals surface area contributed by atoms with Gasteiger partial charge in [0, 0.05) is 32.6 Å². The Bertz CT molecular complexity index is 775. The van der Waals surface area contributed by atoms with Gasteiger partial charge >= 0.3 is 0 Å². The normalized spacial score (nSPS) is 19.8. The summed E-state index contributed by atoms with van der Waals surface area (Å²) in [6, 6.07) is 15.7. The van der Waals surface area contributed by atoms with E-state index >= 15 is 0 Å². The second-order valence-corrected chi connectivity index (χ2v) is 7.25. The number of hydrogen-bond donors (Lipinski definition) is 2. The van der Waals surface area contributed by atoms with Crippen molar-refractivity contribution in [3.8, 4) is 5.75 Å². The Kier molecular flexibility index (Phi) is 6.14. The number of aryl methyl sites for hydroxylation is 1. The molecule has 1 heterocycles. The second kappa shape index (κ2) is 8.55. The molecule has 1 aliphatic heterocycles. The molecule has 2 aromatic rings. The average Bonchev–Trinajstić information content (AvgIpc) is 3.07. The van der Waals surface area contributed by atoms with Crippen LogP contribution in [-0.2, 0) is 16.9 Å². The number of likely N-dealkylation sites (tertiary alicyclic amines) is 1. The number of nitrogens with one attached hydrogen (secondary N) is 1. The molecule has 27 heavy (non-hydrogen) atoms. The minimum absolute atomic E-state index is 0.0251. The molecule has 2 aromatic carbocycles. The van der Waals surface area contributed by atoms with Crippen LogP contribution in [0.3, 0.4) is 0 Å². The second-order valence-electron chi connectivity index (χ2n) is 7.25. The Balaban J connectivity index is 1.45. The molecule has 0 aliphatic carbocycles. The van der Waals surface area contributed by atoms with Gasteiger partial charge in [0.1, 0.15) is 11.4 Å². The third-order valence-electron chi connectivity index (χ3n) is 5.28. The molecule has 1 fully saturated rings. The average molecular weight is 368 g/mol. The van der Waals surface area contributed by atoms with Crippen LogP contribution >= 0.6 is 0 Å². The van der Waals surface area contributed by atoms with E-state index in [1.54, 1.807) is 7.11 Å². The van der Waals surface area contributed by atoms with Crippen molar-refractivity contribution in [1.82, 2.24) is 10.2 Å². The highest BCUT2D eigenvalue weighted by Gasteiger charge is 2.38. The Morgan fingerprint density at radius 2 is 1.96 bits per heavy atom. The van der Waals surface area contributed by atoms with Crippen LogP contribution < -0.4 is 10.1 Å². The van der Waals surface area contributed by atoms with E-state index < -0.39 is 5.60 Å². The highest BCUT2D eigenvalue weighted by molar-refractivity contribution is 5.76. The lowest BCUT2D eigenvalue weighted by Gasteiger charge is -2.25. The number of benzene rings is 2. The van der Waals surface area contributed by atoms with E-state index in [2.05, 4.69) is 10.2 Å². The molecule has 0 aromatic heterocycles. The lowest BCUT2D eigenvalue weighted by atomic mass is 9.89. The Morgan fingerprint density at radius 1 is 1.22 bits per heavy atom. The molecule has 1 amide bonds. The van der Waals surface area contributed by atoms with Gasteiger partial charge in [-0.3, -0.25) is 9.69 Å². The zero-order valence-corrected chi connectivity index (χ0v) is 16.1. The molecule has 3 rings (SSSR count). The first-order valence-electron chi connectivity index (χ1n) is 9.41. The summed E-state index contributed by atoms with van der Waals surface area (Å²) in [6.07, 6.45) is 1.13. The molecule has 0 saturated carbocycles. The SMILES string of the molecule is COc1ccc(CNC(=O)CCN2CCC(O)(c3ccccc3C)C2)cc1. The van der Waals surface area contributed by atoms with Crippen LogP contribution in [0.2, 0.25) is 0 Å². The first-order chi connectivity index (χ1) is 13.0. The number of nitrogens with zero attached hydrogens (tertiary/aromatic N) is 1.